The van der Waals surface area contributed by atoms with E-state index in [1.165, 1.54) is 25.7 Å². The van der Waals surface area contributed by atoms with Crippen LogP contribution in [0.2, 0.25) is 0 Å². The largest absolute Gasteiger partial charge is 0.489 e. The molecule has 1 aliphatic rings. The zero-order valence-electron chi connectivity index (χ0n) is 15.0. The highest BCUT2D eigenvalue weighted by Crippen LogP contribution is 2.28. The molecule has 0 aromatic heterocycles. The van der Waals surface area contributed by atoms with E-state index in [0.717, 1.165) is 23.3 Å². The van der Waals surface area contributed by atoms with Crippen molar-refractivity contribution < 1.29 is 9.84 Å². The van der Waals surface area contributed by atoms with Gasteiger partial charge in [0.25, 0.3) is 0 Å². The molecule has 1 saturated heterocycles. The highest BCUT2D eigenvalue weighted by atomic mass is 16.5. The van der Waals surface area contributed by atoms with Gasteiger partial charge in [0.05, 0.1) is 6.10 Å². The topological polar surface area (TPSA) is 41.5 Å². The molecule has 0 aliphatic carbocycles. The third kappa shape index (κ3) is 5.07. The Bertz CT molecular complexity index is 641. The first-order valence-corrected chi connectivity index (χ1v) is 9.47. The SMILES string of the molecule is CCCC1CCCC(C(O)c2cccc(OCc3ccccc3)c2)N1. The van der Waals surface area contributed by atoms with Crippen LogP contribution in [0.1, 0.15) is 56.3 Å². The van der Waals surface area contributed by atoms with Crippen molar-refractivity contribution in [2.24, 2.45) is 0 Å². The van der Waals surface area contributed by atoms with Crippen LogP contribution in [0.25, 0.3) is 0 Å². The summed E-state index contributed by atoms with van der Waals surface area (Å²) < 4.78 is 5.90. The molecule has 2 N–H and O–H groups in total. The van der Waals surface area contributed by atoms with Gasteiger partial charge in [-0.25, -0.2) is 0 Å². The third-order valence-electron chi connectivity index (χ3n) is 4.98. The quantitative estimate of drug-likeness (QED) is 0.774. The molecule has 0 amide bonds. The van der Waals surface area contributed by atoms with Crippen LogP contribution < -0.4 is 10.1 Å². The maximum Gasteiger partial charge on any atom is 0.120 e. The maximum absolute atomic E-state index is 10.8. The lowest BCUT2D eigenvalue weighted by Gasteiger charge is -2.34. The second-order valence-corrected chi connectivity index (χ2v) is 6.98. The van der Waals surface area contributed by atoms with Gasteiger partial charge in [-0.05, 0) is 42.5 Å². The molecule has 3 rings (SSSR count). The average molecular weight is 339 g/mol. The van der Waals surface area contributed by atoms with Crippen molar-refractivity contribution in [1.82, 2.24) is 5.32 Å². The van der Waals surface area contributed by atoms with Gasteiger partial charge in [0, 0.05) is 12.1 Å². The van der Waals surface area contributed by atoms with E-state index in [9.17, 15) is 5.11 Å². The summed E-state index contributed by atoms with van der Waals surface area (Å²) in [5, 5.41) is 14.5. The molecule has 0 bridgehead atoms. The van der Waals surface area contributed by atoms with Crippen molar-refractivity contribution in [3.05, 3.63) is 65.7 Å². The van der Waals surface area contributed by atoms with Crippen molar-refractivity contribution in [2.45, 2.75) is 63.8 Å². The number of ether oxygens (including phenoxy) is 1. The predicted molar refractivity (Wildman–Crippen MR) is 102 cm³/mol. The van der Waals surface area contributed by atoms with Crippen LogP contribution in [0.4, 0.5) is 0 Å². The van der Waals surface area contributed by atoms with E-state index < -0.39 is 6.10 Å². The second kappa shape index (κ2) is 9.02. The van der Waals surface area contributed by atoms with Crippen molar-refractivity contribution >= 4 is 0 Å². The summed E-state index contributed by atoms with van der Waals surface area (Å²) >= 11 is 0. The lowest BCUT2D eigenvalue weighted by Crippen LogP contribution is -2.45. The Morgan fingerprint density at radius 2 is 1.96 bits per heavy atom. The molecule has 2 aromatic rings. The Morgan fingerprint density at radius 3 is 2.76 bits per heavy atom. The molecule has 0 spiro atoms. The first-order chi connectivity index (χ1) is 12.3. The average Bonchev–Trinajstić information content (AvgIpc) is 2.67. The van der Waals surface area contributed by atoms with Gasteiger partial charge in [0.1, 0.15) is 12.4 Å². The number of rotatable bonds is 7. The molecule has 134 valence electrons. The molecule has 3 atom stereocenters. The van der Waals surface area contributed by atoms with Crippen molar-refractivity contribution in [2.75, 3.05) is 0 Å². The van der Waals surface area contributed by atoms with Gasteiger partial charge < -0.3 is 15.2 Å². The van der Waals surface area contributed by atoms with Crippen molar-refractivity contribution in [3.63, 3.8) is 0 Å². The summed E-state index contributed by atoms with van der Waals surface area (Å²) in [4.78, 5) is 0. The number of aliphatic hydroxyl groups excluding tert-OH is 1. The summed E-state index contributed by atoms with van der Waals surface area (Å²) in [6.45, 7) is 2.76. The Labute approximate surface area is 151 Å². The predicted octanol–water partition coefficient (Wildman–Crippen LogP) is 4.61. The van der Waals surface area contributed by atoms with Crippen molar-refractivity contribution in [1.29, 1.82) is 0 Å². The number of benzene rings is 2. The number of nitrogens with one attached hydrogen (secondary N) is 1. The Balaban J connectivity index is 1.62. The smallest absolute Gasteiger partial charge is 0.120 e. The Kier molecular flexibility index (Phi) is 6.48. The minimum Gasteiger partial charge on any atom is -0.489 e. The van der Waals surface area contributed by atoms with E-state index in [4.69, 9.17) is 4.74 Å². The van der Waals surface area contributed by atoms with Gasteiger partial charge in [-0.2, -0.15) is 0 Å². The molecule has 1 fully saturated rings. The first kappa shape index (κ1) is 18.0. The lowest BCUT2D eigenvalue weighted by atomic mass is 9.90. The zero-order valence-corrected chi connectivity index (χ0v) is 15.0. The van der Waals surface area contributed by atoms with Gasteiger partial charge in [-0.15, -0.1) is 0 Å². The second-order valence-electron chi connectivity index (χ2n) is 6.98. The fourth-order valence-corrected chi connectivity index (χ4v) is 3.64. The van der Waals surface area contributed by atoms with E-state index in [0.29, 0.717) is 12.6 Å². The van der Waals surface area contributed by atoms with Crippen LogP contribution in [-0.4, -0.2) is 17.2 Å². The van der Waals surface area contributed by atoms with E-state index in [1.54, 1.807) is 0 Å². The number of hydrogen-bond donors (Lipinski definition) is 2. The number of piperidine rings is 1. The van der Waals surface area contributed by atoms with E-state index in [-0.39, 0.29) is 6.04 Å². The summed E-state index contributed by atoms with van der Waals surface area (Å²) in [5.74, 6) is 0.807. The van der Waals surface area contributed by atoms with Crippen LogP contribution in [-0.2, 0) is 6.61 Å². The molecular formula is C22H29NO2. The molecule has 3 heteroatoms. The van der Waals surface area contributed by atoms with Gasteiger partial charge >= 0.3 is 0 Å². The minimum atomic E-state index is -0.486. The molecule has 25 heavy (non-hydrogen) atoms. The van der Waals surface area contributed by atoms with E-state index >= 15 is 0 Å². The maximum atomic E-state index is 10.8. The first-order valence-electron chi connectivity index (χ1n) is 9.47. The lowest BCUT2D eigenvalue weighted by molar-refractivity contribution is 0.0995. The monoisotopic (exact) mass is 339 g/mol. The van der Waals surface area contributed by atoms with Crippen LogP contribution in [0.15, 0.2) is 54.6 Å². The molecule has 3 nitrogen and oxygen atoms in total. The van der Waals surface area contributed by atoms with Gasteiger partial charge in [0.15, 0.2) is 0 Å². The van der Waals surface area contributed by atoms with E-state index in [2.05, 4.69) is 24.4 Å². The third-order valence-corrected chi connectivity index (χ3v) is 4.98. The van der Waals surface area contributed by atoms with Gasteiger partial charge in [-0.1, -0.05) is 62.2 Å². The highest BCUT2D eigenvalue weighted by molar-refractivity contribution is 5.31. The fraction of sp³-hybridized carbons (Fsp3) is 0.455. The summed E-state index contributed by atoms with van der Waals surface area (Å²) in [6.07, 6.45) is 5.31. The molecular weight excluding hydrogens is 310 g/mol. The zero-order chi connectivity index (χ0) is 17.5. The standard InChI is InChI=1S/C22H29NO2/c1-2-8-19-12-7-14-21(23-19)22(24)18-11-6-13-20(15-18)25-16-17-9-4-3-5-10-17/h3-6,9-11,13,15,19,21-24H,2,7-8,12,14,16H2,1H3. The molecule has 1 heterocycles. The molecule has 0 saturated carbocycles. The van der Waals surface area contributed by atoms with Gasteiger partial charge in [-0.3, -0.25) is 0 Å². The summed E-state index contributed by atoms with van der Waals surface area (Å²) in [6, 6.07) is 18.7. The molecule has 3 unspecified atom stereocenters. The molecule has 2 aromatic carbocycles. The number of hydrogen-bond acceptors (Lipinski definition) is 3. The molecule has 1 aliphatic heterocycles. The minimum absolute atomic E-state index is 0.134. The van der Waals surface area contributed by atoms with Crippen LogP contribution in [0.3, 0.4) is 0 Å². The highest BCUT2D eigenvalue weighted by Gasteiger charge is 2.27. The Hall–Kier alpha value is -1.84. The molecule has 0 radical (unpaired) electrons. The summed E-state index contributed by atoms with van der Waals surface area (Å²) in [7, 11) is 0. The van der Waals surface area contributed by atoms with Crippen molar-refractivity contribution in [3.8, 4) is 5.75 Å². The van der Waals surface area contributed by atoms with Gasteiger partial charge in [0.2, 0.25) is 0 Å². The Morgan fingerprint density at radius 1 is 1.12 bits per heavy atom. The van der Waals surface area contributed by atoms with Crippen LogP contribution in [0.5, 0.6) is 5.75 Å². The normalized spacial score (nSPS) is 21.7. The van der Waals surface area contributed by atoms with E-state index in [1.807, 2.05) is 42.5 Å². The van der Waals surface area contributed by atoms with Crippen LogP contribution >= 0.6 is 0 Å². The van der Waals surface area contributed by atoms with Crippen LogP contribution in [0, 0.1) is 0 Å². The number of aliphatic hydroxyl groups is 1. The summed E-state index contributed by atoms with van der Waals surface area (Å²) in [5.41, 5.74) is 2.07. The fourth-order valence-electron chi connectivity index (χ4n) is 3.64.